The third kappa shape index (κ3) is 2.08. The zero-order valence-electron chi connectivity index (χ0n) is 11.1. The highest BCUT2D eigenvalue weighted by atomic mass is 16.2. The molecule has 2 aliphatic heterocycles. The summed E-state index contributed by atoms with van der Waals surface area (Å²) in [5.74, 6) is 0.652. The molecule has 0 spiro atoms. The van der Waals surface area contributed by atoms with Crippen molar-refractivity contribution in [2.75, 3.05) is 13.1 Å². The van der Waals surface area contributed by atoms with Crippen molar-refractivity contribution in [3.05, 3.63) is 34.2 Å². The molecule has 102 valence electrons. The highest BCUT2D eigenvalue weighted by Crippen LogP contribution is 2.34. The molecule has 2 N–H and O–H groups in total. The van der Waals surface area contributed by atoms with Crippen LogP contribution in [0.2, 0.25) is 0 Å². The molecule has 2 unspecified atom stereocenters. The molecule has 3 heterocycles. The summed E-state index contributed by atoms with van der Waals surface area (Å²) in [6.07, 6.45) is 1.06. The van der Waals surface area contributed by atoms with Gasteiger partial charge in [0.15, 0.2) is 0 Å². The summed E-state index contributed by atoms with van der Waals surface area (Å²) < 4.78 is 1.87. The van der Waals surface area contributed by atoms with Gasteiger partial charge in [0, 0.05) is 37.3 Å². The Bertz CT molecular complexity index is 564. The maximum Gasteiger partial charge on any atom is 0.250 e. The largest absolute Gasteiger partial charge is 0.340 e. The standard InChI is InChI=1S/C14H19N3O2/c1-9(15)14(19)16-6-10-5-11(8-16)12-3-2-4-13(18)17(12)7-10/h2-4,9-11H,5-8,15H2,1H3/t9-,10?,11?/m0/s1. The number of hydrogen-bond acceptors (Lipinski definition) is 3. The van der Waals surface area contributed by atoms with Crippen LogP contribution in [-0.4, -0.2) is 34.5 Å². The molecule has 1 aromatic rings. The van der Waals surface area contributed by atoms with Crippen LogP contribution in [0, 0.1) is 5.92 Å². The van der Waals surface area contributed by atoms with Gasteiger partial charge >= 0.3 is 0 Å². The van der Waals surface area contributed by atoms with Crippen molar-refractivity contribution >= 4 is 5.91 Å². The maximum absolute atomic E-state index is 12.0. The number of nitrogens with zero attached hydrogens (tertiary/aromatic N) is 2. The molecule has 1 fully saturated rings. The van der Waals surface area contributed by atoms with Gasteiger partial charge in [-0.3, -0.25) is 9.59 Å². The molecule has 1 aromatic heterocycles. The number of carbonyl (C=O) groups excluding carboxylic acids is 1. The smallest absolute Gasteiger partial charge is 0.250 e. The molecule has 3 atom stereocenters. The van der Waals surface area contributed by atoms with Gasteiger partial charge in [-0.05, 0) is 25.3 Å². The summed E-state index contributed by atoms with van der Waals surface area (Å²) in [5.41, 5.74) is 6.82. The van der Waals surface area contributed by atoms with E-state index < -0.39 is 6.04 Å². The lowest BCUT2D eigenvalue weighted by Crippen LogP contribution is -2.52. The summed E-state index contributed by atoms with van der Waals surface area (Å²) >= 11 is 0. The van der Waals surface area contributed by atoms with Crippen molar-refractivity contribution in [2.45, 2.75) is 31.8 Å². The summed E-state index contributed by atoms with van der Waals surface area (Å²) in [7, 11) is 0. The Morgan fingerprint density at radius 2 is 2.16 bits per heavy atom. The number of aromatic nitrogens is 1. The second-order valence-electron chi connectivity index (χ2n) is 5.73. The van der Waals surface area contributed by atoms with Gasteiger partial charge < -0.3 is 15.2 Å². The molecule has 19 heavy (non-hydrogen) atoms. The first-order valence-corrected chi connectivity index (χ1v) is 6.80. The molecule has 1 saturated heterocycles. The Hall–Kier alpha value is -1.62. The fourth-order valence-electron chi connectivity index (χ4n) is 3.36. The van der Waals surface area contributed by atoms with Crippen molar-refractivity contribution in [2.24, 2.45) is 11.7 Å². The summed E-state index contributed by atoms with van der Waals surface area (Å²) in [6.45, 7) is 3.84. The van der Waals surface area contributed by atoms with E-state index in [2.05, 4.69) is 0 Å². The van der Waals surface area contributed by atoms with Gasteiger partial charge in [-0.25, -0.2) is 0 Å². The van der Waals surface area contributed by atoms with Crippen molar-refractivity contribution in [3.63, 3.8) is 0 Å². The van der Waals surface area contributed by atoms with Crippen LogP contribution in [0.15, 0.2) is 23.0 Å². The number of pyridine rings is 1. The molecule has 0 radical (unpaired) electrons. The van der Waals surface area contributed by atoms with Crippen molar-refractivity contribution < 1.29 is 4.79 Å². The molecule has 0 aliphatic carbocycles. The van der Waals surface area contributed by atoms with Gasteiger partial charge in [-0.2, -0.15) is 0 Å². The van der Waals surface area contributed by atoms with Gasteiger partial charge in [-0.15, -0.1) is 0 Å². The minimum Gasteiger partial charge on any atom is -0.340 e. The van der Waals surface area contributed by atoms with E-state index in [4.69, 9.17) is 5.73 Å². The zero-order chi connectivity index (χ0) is 13.6. The number of piperidine rings is 1. The van der Waals surface area contributed by atoms with Gasteiger partial charge in [0.1, 0.15) is 0 Å². The van der Waals surface area contributed by atoms with E-state index in [1.165, 1.54) is 0 Å². The van der Waals surface area contributed by atoms with Crippen LogP contribution in [-0.2, 0) is 11.3 Å². The molecular formula is C14H19N3O2. The highest BCUT2D eigenvalue weighted by molar-refractivity contribution is 5.81. The lowest BCUT2D eigenvalue weighted by molar-refractivity contribution is -0.134. The first-order valence-electron chi connectivity index (χ1n) is 6.80. The summed E-state index contributed by atoms with van der Waals surface area (Å²) in [6, 6.07) is 4.97. The Morgan fingerprint density at radius 1 is 1.37 bits per heavy atom. The number of rotatable bonds is 1. The topological polar surface area (TPSA) is 68.3 Å². The van der Waals surface area contributed by atoms with Gasteiger partial charge in [0.2, 0.25) is 5.91 Å². The van der Waals surface area contributed by atoms with Crippen LogP contribution in [0.5, 0.6) is 0 Å². The van der Waals surface area contributed by atoms with E-state index in [1.807, 2.05) is 15.5 Å². The van der Waals surface area contributed by atoms with E-state index in [1.54, 1.807) is 19.1 Å². The Kier molecular flexibility index (Phi) is 2.93. The fraction of sp³-hybridized carbons (Fsp3) is 0.571. The van der Waals surface area contributed by atoms with Crippen LogP contribution in [0.3, 0.4) is 0 Å². The molecule has 2 aliphatic rings. The predicted molar refractivity (Wildman–Crippen MR) is 71.8 cm³/mol. The number of hydrogen-bond donors (Lipinski definition) is 1. The second kappa shape index (κ2) is 4.49. The fourth-order valence-corrected chi connectivity index (χ4v) is 3.36. The van der Waals surface area contributed by atoms with Crippen molar-refractivity contribution in [3.8, 4) is 0 Å². The second-order valence-corrected chi connectivity index (χ2v) is 5.73. The molecule has 1 amide bonds. The summed E-state index contributed by atoms with van der Waals surface area (Å²) in [4.78, 5) is 25.8. The average Bonchev–Trinajstić information content (AvgIpc) is 2.39. The van der Waals surface area contributed by atoms with E-state index in [0.29, 0.717) is 19.0 Å². The Balaban J connectivity index is 1.92. The quantitative estimate of drug-likeness (QED) is 0.782. The minimum absolute atomic E-state index is 0.0152. The number of carbonyl (C=O) groups is 1. The first kappa shape index (κ1) is 12.4. The maximum atomic E-state index is 12.0. The molecular weight excluding hydrogens is 242 g/mol. The van der Waals surface area contributed by atoms with Crippen LogP contribution in [0.25, 0.3) is 0 Å². The molecule has 0 saturated carbocycles. The SMILES string of the molecule is C[C@H](N)C(=O)N1CC2CC(C1)c1cccc(=O)n1C2. The molecule has 2 bridgehead atoms. The van der Waals surface area contributed by atoms with Crippen molar-refractivity contribution in [1.29, 1.82) is 0 Å². The third-order valence-electron chi connectivity index (χ3n) is 4.18. The normalized spacial score (nSPS) is 26.7. The molecule has 5 heteroatoms. The van der Waals surface area contributed by atoms with Gasteiger partial charge in [0.05, 0.1) is 6.04 Å². The lowest BCUT2D eigenvalue weighted by Gasteiger charge is -2.43. The van der Waals surface area contributed by atoms with Gasteiger partial charge in [-0.1, -0.05) is 6.07 Å². The van der Waals surface area contributed by atoms with Gasteiger partial charge in [0.25, 0.3) is 5.56 Å². The zero-order valence-corrected chi connectivity index (χ0v) is 11.1. The molecule has 0 aromatic carbocycles. The number of fused-ring (bicyclic) bond motifs is 4. The Labute approximate surface area is 112 Å². The third-order valence-corrected chi connectivity index (χ3v) is 4.18. The van der Waals surface area contributed by atoms with E-state index >= 15 is 0 Å². The van der Waals surface area contributed by atoms with Crippen LogP contribution < -0.4 is 11.3 Å². The highest BCUT2D eigenvalue weighted by Gasteiger charge is 2.36. The van der Waals surface area contributed by atoms with Crippen LogP contribution in [0.1, 0.15) is 25.0 Å². The molecule has 3 rings (SSSR count). The number of likely N-dealkylation sites (tertiary alicyclic amines) is 1. The first-order chi connectivity index (χ1) is 9.06. The number of nitrogens with two attached hydrogens (primary N) is 1. The van der Waals surface area contributed by atoms with E-state index in [0.717, 1.165) is 18.7 Å². The van der Waals surface area contributed by atoms with E-state index in [9.17, 15) is 9.59 Å². The lowest BCUT2D eigenvalue weighted by atomic mass is 9.83. The van der Waals surface area contributed by atoms with Crippen molar-refractivity contribution in [1.82, 2.24) is 9.47 Å². The van der Waals surface area contributed by atoms with E-state index in [-0.39, 0.29) is 17.4 Å². The summed E-state index contributed by atoms with van der Waals surface area (Å²) in [5, 5.41) is 0. The molecule has 5 nitrogen and oxygen atoms in total. The number of amides is 1. The minimum atomic E-state index is -0.447. The average molecular weight is 261 g/mol. The predicted octanol–water partition coefficient (Wildman–Crippen LogP) is 0.141. The van der Waals surface area contributed by atoms with Crippen LogP contribution in [0.4, 0.5) is 0 Å². The monoisotopic (exact) mass is 261 g/mol. The Morgan fingerprint density at radius 3 is 2.89 bits per heavy atom. The van der Waals surface area contributed by atoms with Crippen LogP contribution >= 0.6 is 0 Å².